The molecule has 0 aromatic carbocycles. The van der Waals surface area contributed by atoms with Gasteiger partial charge in [0.15, 0.2) is 0 Å². The third kappa shape index (κ3) is 10.8. The van der Waals surface area contributed by atoms with Crippen LogP contribution >= 0.6 is 0 Å². The van der Waals surface area contributed by atoms with Gasteiger partial charge in [-0.05, 0) is 37.0 Å². The molecule has 2 unspecified atom stereocenters. The van der Waals surface area contributed by atoms with Crippen molar-refractivity contribution in [2.45, 2.75) is 72.0 Å². The summed E-state index contributed by atoms with van der Waals surface area (Å²) in [5, 5.41) is 0. The first kappa shape index (κ1) is 17.7. The monoisotopic (exact) mass is 268 g/mol. The molecule has 0 aromatic heterocycles. The van der Waals surface area contributed by atoms with Gasteiger partial charge in [-0.3, -0.25) is 11.3 Å². The van der Waals surface area contributed by atoms with E-state index in [0.717, 1.165) is 12.8 Å². The zero-order chi connectivity index (χ0) is 14.4. The third-order valence-electron chi connectivity index (χ3n) is 2.90. The van der Waals surface area contributed by atoms with Gasteiger partial charge in [0.2, 0.25) is 0 Å². The largest absolute Gasteiger partial charge is 0.389 e. The van der Waals surface area contributed by atoms with E-state index in [1.54, 1.807) is 0 Å². The number of rotatable bonds is 7. The standard InChI is InChI=1S/C13H27F3N2/c1-10(9-12(2,3)4)8-11(18-17)6-5-7-13(14,15)16/h10-11,18H,5-9,17H2,1-4H3. The molecule has 0 aromatic rings. The molecule has 0 heterocycles. The van der Waals surface area contributed by atoms with Gasteiger partial charge in [-0.2, -0.15) is 13.2 Å². The van der Waals surface area contributed by atoms with Crippen molar-refractivity contribution >= 4 is 0 Å². The fourth-order valence-electron chi connectivity index (χ4n) is 2.43. The van der Waals surface area contributed by atoms with E-state index < -0.39 is 12.6 Å². The Morgan fingerprint density at radius 1 is 1.17 bits per heavy atom. The van der Waals surface area contributed by atoms with E-state index in [2.05, 4.69) is 33.1 Å². The molecule has 0 rings (SSSR count). The molecule has 5 heteroatoms. The third-order valence-corrected chi connectivity index (χ3v) is 2.90. The van der Waals surface area contributed by atoms with Gasteiger partial charge in [0, 0.05) is 12.5 Å². The molecule has 2 nitrogen and oxygen atoms in total. The van der Waals surface area contributed by atoms with Crippen molar-refractivity contribution in [3.8, 4) is 0 Å². The van der Waals surface area contributed by atoms with Crippen molar-refractivity contribution in [3.63, 3.8) is 0 Å². The normalized spacial score (nSPS) is 16.7. The maximum Gasteiger partial charge on any atom is 0.389 e. The molecule has 2 atom stereocenters. The highest BCUT2D eigenvalue weighted by molar-refractivity contribution is 4.73. The predicted molar refractivity (Wildman–Crippen MR) is 68.9 cm³/mol. The summed E-state index contributed by atoms with van der Waals surface area (Å²) < 4.78 is 36.1. The molecule has 110 valence electrons. The van der Waals surface area contributed by atoms with Crippen molar-refractivity contribution < 1.29 is 13.2 Å². The van der Waals surface area contributed by atoms with E-state index in [9.17, 15) is 13.2 Å². The highest BCUT2D eigenvalue weighted by Crippen LogP contribution is 2.28. The van der Waals surface area contributed by atoms with Gasteiger partial charge in [-0.15, -0.1) is 0 Å². The molecule has 0 radical (unpaired) electrons. The molecular weight excluding hydrogens is 241 g/mol. The Balaban J connectivity index is 3.96. The molecule has 0 fully saturated rings. The highest BCUT2D eigenvalue weighted by Gasteiger charge is 2.27. The van der Waals surface area contributed by atoms with Crippen LogP contribution in [0.1, 0.15) is 59.8 Å². The Hall–Kier alpha value is -0.290. The van der Waals surface area contributed by atoms with Gasteiger partial charge < -0.3 is 0 Å². The number of halogens is 3. The van der Waals surface area contributed by atoms with Gasteiger partial charge in [0.25, 0.3) is 0 Å². The summed E-state index contributed by atoms with van der Waals surface area (Å²) >= 11 is 0. The van der Waals surface area contributed by atoms with E-state index in [1.807, 2.05) is 0 Å². The lowest BCUT2D eigenvalue weighted by molar-refractivity contribution is -0.135. The Morgan fingerprint density at radius 3 is 2.11 bits per heavy atom. The van der Waals surface area contributed by atoms with Crippen molar-refractivity contribution in [1.82, 2.24) is 5.43 Å². The second-order valence-electron chi connectivity index (χ2n) is 6.48. The van der Waals surface area contributed by atoms with Gasteiger partial charge in [-0.25, -0.2) is 0 Å². The molecule has 0 bridgehead atoms. The van der Waals surface area contributed by atoms with Crippen LogP contribution in [-0.2, 0) is 0 Å². The van der Waals surface area contributed by atoms with Gasteiger partial charge in [0.05, 0.1) is 0 Å². The lowest BCUT2D eigenvalue weighted by Crippen LogP contribution is -2.37. The number of nitrogens with one attached hydrogen (secondary N) is 1. The Morgan fingerprint density at radius 2 is 1.72 bits per heavy atom. The first-order valence-electron chi connectivity index (χ1n) is 6.56. The maximum absolute atomic E-state index is 12.0. The van der Waals surface area contributed by atoms with Crippen LogP contribution in [0.4, 0.5) is 13.2 Å². The highest BCUT2D eigenvalue weighted by atomic mass is 19.4. The minimum atomic E-state index is -4.06. The second-order valence-corrected chi connectivity index (χ2v) is 6.48. The van der Waals surface area contributed by atoms with E-state index in [-0.39, 0.29) is 17.9 Å². The van der Waals surface area contributed by atoms with Crippen molar-refractivity contribution in [2.75, 3.05) is 0 Å². The zero-order valence-corrected chi connectivity index (χ0v) is 11.9. The van der Waals surface area contributed by atoms with E-state index >= 15 is 0 Å². The van der Waals surface area contributed by atoms with Crippen molar-refractivity contribution in [1.29, 1.82) is 0 Å². The molecule has 0 aliphatic rings. The molecular formula is C13H27F3N2. The second kappa shape index (κ2) is 7.34. The number of hydrogen-bond donors (Lipinski definition) is 2. The molecule has 0 saturated carbocycles. The van der Waals surface area contributed by atoms with Crippen LogP contribution in [-0.4, -0.2) is 12.2 Å². The molecule has 18 heavy (non-hydrogen) atoms. The molecule has 0 spiro atoms. The summed E-state index contributed by atoms with van der Waals surface area (Å²) in [6, 6.07) is -0.0234. The first-order chi connectivity index (χ1) is 8.03. The van der Waals surface area contributed by atoms with Gasteiger partial charge in [-0.1, -0.05) is 27.7 Å². The van der Waals surface area contributed by atoms with Crippen LogP contribution in [0.15, 0.2) is 0 Å². The average molecular weight is 268 g/mol. The van der Waals surface area contributed by atoms with Crippen LogP contribution in [0.25, 0.3) is 0 Å². The average Bonchev–Trinajstić information content (AvgIpc) is 2.11. The smallest absolute Gasteiger partial charge is 0.271 e. The fraction of sp³-hybridized carbons (Fsp3) is 1.00. The quantitative estimate of drug-likeness (QED) is 0.541. The molecule has 0 aliphatic heterocycles. The lowest BCUT2D eigenvalue weighted by atomic mass is 9.82. The molecule has 0 amide bonds. The van der Waals surface area contributed by atoms with E-state index in [0.29, 0.717) is 12.3 Å². The van der Waals surface area contributed by atoms with Crippen LogP contribution < -0.4 is 11.3 Å². The van der Waals surface area contributed by atoms with Gasteiger partial charge in [0.1, 0.15) is 0 Å². The fourth-order valence-corrected chi connectivity index (χ4v) is 2.43. The molecule has 3 N–H and O–H groups in total. The summed E-state index contributed by atoms with van der Waals surface area (Å²) in [5.41, 5.74) is 2.88. The van der Waals surface area contributed by atoms with Gasteiger partial charge >= 0.3 is 6.18 Å². The maximum atomic E-state index is 12.0. The molecule has 0 aliphatic carbocycles. The minimum Gasteiger partial charge on any atom is -0.271 e. The van der Waals surface area contributed by atoms with E-state index in [4.69, 9.17) is 5.84 Å². The van der Waals surface area contributed by atoms with Crippen LogP contribution in [0.3, 0.4) is 0 Å². The van der Waals surface area contributed by atoms with Crippen molar-refractivity contribution in [2.24, 2.45) is 17.2 Å². The SMILES string of the molecule is CC(CC(CCCC(F)(F)F)NN)CC(C)(C)C. The summed E-state index contributed by atoms with van der Waals surface area (Å²) in [5.74, 6) is 5.86. The Labute approximate surface area is 108 Å². The zero-order valence-electron chi connectivity index (χ0n) is 11.9. The Kier molecular flexibility index (Phi) is 7.22. The summed E-state index contributed by atoms with van der Waals surface area (Å²) in [4.78, 5) is 0. The lowest BCUT2D eigenvalue weighted by Gasteiger charge is -2.26. The summed E-state index contributed by atoms with van der Waals surface area (Å²) in [6.07, 6.45) is -2.30. The molecule has 0 saturated heterocycles. The van der Waals surface area contributed by atoms with Crippen molar-refractivity contribution in [3.05, 3.63) is 0 Å². The Bertz CT molecular complexity index is 221. The number of hydrogen-bond acceptors (Lipinski definition) is 2. The van der Waals surface area contributed by atoms with Crippen LogP contribution in [0, 0.1) is 11.3 Å². The predicted octanol–water partition coefficient (Wildman–Crippen LogP) is 4.01. The van der Waals surface area contributed by atoms with E-state index in [1.165, 1.54) is 0 Å². The summed E-state index contributed by atoms with van der Waals surface area (Å²) in [6.45, 7) is 8.62. The number of alkyl halides is 3. The van der Waals surface area contributed by atoms with Crippen LogP contribution in [0.5, 0.6) is 0 Å². The number of hydrazine groups is 1. The van der Waals surface area contributed by atoms with Crippen LogP contribution in [0.2, 0.25) is 0 Å². The topological polar surface area (TPSA) is 38.0 Å². The summed E-state index contributed by atoms with van der Waals surface area (Å²) in [7, 11) is 0. The minimum absolute atomic E-state index is 0.0234. The first-order valence-corrected chi connectivity index (χ1v) is 6.56. The number of nitrogens with two attached hydrogens (primary N) is 1.